The number of rotatable bonds is 2. The van der Waals surface area contributed by atoms with Crippen molar-refractivity contribution in [2.24, 2.45) is 0 Å². The number of ether oxygens (including phenoxy) is 1. The molecule has 0 radical (unpaired) electrons. The molecular formula is C10H14BrN3O. The van der Waals surface area contributed by atoms with Crippen molar-refractivity contribution in [3.63, 3.8) is 0 Å². The molecule has 0 spiro atoms. The predicted octanol–water partition coefficient (Wildman–Crippen LogP) is 2.22. The van der Waals surface area contributed by atoms with E-state index in [0.717, 1.165) is 17.5 Å². The molecule has 1 fully saturated rings. The maximum atomic E-state index is 5.62. The maximum Gasteiger partial charge on any atom is 0.222 e. The molecule has 0 amide bonds. The maximum absolute atomic E-state index is 5.62. The zero-order valence-corrected chi connectivity index (χ0v) is 10.4. The molecule has 1 aliphatic heterocycles. The molecule has 82 valence electrons. The Morgan fingerprint density at radius 1 is 1.47 bits per heavy atom. The number of hydrogen-bond donors (Lipinski definition) is 1. The van der Waals surface area contributed by atoms with E-state index in [4.69, 9.17) is 4.74 Å². The minimum atomic E-state index is -0.142. The summed E-state index contributed by atoms with van der Waals surface area (Å²) in [4.78, 5) is 8.37. The normalized spacial score (nSPS) is 24.1. The van der Waals surface area contributed by atoms with Gasteiger partial charge in [-0.1, -0.05) is 0 Å². The number of aromatic nitrogens is 2. The molecule has 0 aromatic carbocycles. The Morgan fingerprint density at radius 2 is 2.13 bits per heavy atom. The van der Waals surface area contributed by atoms with Crippen molar-refractivity contribution in [3.8, 4) is 0 Å². The van der Waals surface area contributed by atoms with Gasteiger partial charge in [0.2, 0.25) is 5.95 Å². The molecule has 1 unspecified atom stereocenters. The first-order chi connectivity index (χ1) is 7.08. The van der Waals surface area contributed by atoms with Crippen molar-refractivity contribution >= 4 is 21.9 Å². The average molecular weight is 272 g/mol. The van der Waals surface area contributed by atoms with E-state index in [1.807, 2.05) is 0 Å². The number of hydrogen-bond acceptors (Lipinski definition) is 4. The SMILES string of the molecule is CC1(C)OCCC1Nc1ncc(Br)cn1. The minimum Gasteiger partial charge on any atom is -0.373 e. The lowest BCUT2D eigenvalue weighted by atomic mass is 9.99. The molecule has 5 heteroatoms. The number of nitrogens with zero attached hydrogens (tertiary/aromatic N) is 2. The van der Waals surface area contributed by atoms with Crippen molar-refractivity contribution in [2.45, 2.75) is 31.9 Å². The molecule has 0 aliphatic carbocycles. The third-order valence-electron chi connectivity index (χ3n) is 2.64. The zero-order valence-electron chi connectivity index (χ0n) is 8.83. The fourth-order valence-electron chi connectivity index (χ4n) is 1.68. The van der Waals surface area contributed by atoms with Gasteiger partial charge in [0.15, 0.2) is 0 Å². The molecular weight excluding hydrogens is 258 g/mol. The van der Waals surface area contributed by atoms with Gasteiger partial charge in [0, 0.05) is 19.0 Å². The molecule has 2 heterocycles. The van der Waals surface area contributed by atoms with Crippen LogP contribution in [0.15, 0.2) is 16.9 Å². The highest BCUT2D eigenvalue weighted by Crippen LogP contribution is 2.27. The second-order valence-corrected chi connectivity index (χ2v) is 5.08. The van der Waals surface area contributed by atoms with Gasteiger partial charge >= 0.3 is 0 Å². The lowest BCUT2D eigenvalue weighted by molar-refractivity contribution is 0.0313. The number of nitrogens with one attached hydrogen (secondary N) is 1. The van der Waals surface area contributed by atoms with Gasteiger partial charge in [-0.05, 0) is 36.2 Å². The summed E-state index contributed by atoms with van der Waals surface area (Å²) >= 11 is 3.30. The largest absolute Gasteiger partial charge is 0.373 e. The Balaban J connectivity index is 2.06. The van der Waals surface area contributed by atoms with Crippen LogP contribution in [0.25, 0.3) is 0 Å². The number of halogens is 1. The monoisotopic (exact) mass is 271 g/mol. The Hall–Kier alpha value is -0.680. The Labute approximate surface area is 97.6 Å². The molecule has 0 saturated carbocycles. The summed E-state index contributed by atoms with van der Waals surface area (Å²) in [6.07, 6.45) is 4.46. The Bertz CT molecular complexity index is 339. The highest BCUT2D eigenvalue weighted by atomic mass is 79.9. The minimum absolute atomic E-state index is 0.142. The highest BCUT2D eigenvalue weighted by Gasteiger charge is 2.36. The standard InChI is InChI=1S/C10H14BrN3O/c1-10(2)8(3-4-15-10)14-9-12-5-7(11)6-13-9/h5-6,8H,3-4H2,1-2H3,(H,12,13,14). The van der Waals surface area contributed by atoms with Gasteiger partial charge in [0.05, 0.1) is 16.1 Å². The summed E-state index contributed by atoms with van der Waals surface area (Å²) in [5.74, 6) is 0.654. The van der Waals surface area contributed by atoms with E-state index >= 15 is 0 Å². The van der Waals surface area contributed by atoms with Crippen LogP contribution in [-0.4, -0.2) is 28.2 Å². The van der Waals surface area contributed by atoms with Crippen LogP contribution >= 0.6 is 15.9 Å². The fourth-order valence-corrected chi connectivity index (χ4v) is 1.88. The molecule has 1 saturated heterocycles. The van der Waals surface area contributed by atoms with Crippen LogP contribution in [-0.2, 0) is 4.74 Å². The molecule has 1 aliphatic rings. The molecule has 1 aromatic heterocycles. The average Bonchev–Trinajstić information content (AvgIpc) is 2.50. The van der Waals surface area contributed by atoms with Crippen LogP contribution in [0.4, 0.5) is 5.95 Å². The van der Waals surface area contributed by atoms with E-state index in [-0.39, 0.29) is 11.6 Å². The lowest BCUT2D eigenvalue weighted by Crippen LogP contribution is -2.38. The topological polar surface area (TPSA) is 47.0 Å². The van der Waals surface area contributed by atoms with Crippen LogP contribution < -0.4 is 5.32 Å². The third kappa shape index (κ3) is 2.46. The van der Waals surface area contributed by atoms with Crippen molar-refractivity contribution in [1.29, 1.82) is 0 Å². The van der Waals surface area contributed by atoms with Crippen molar-refractivity contribution < 1.29 is 4.74 Å². The van der Waals surface area contributed by atoms with E-state index in [0.29, 0.717) is 5.95 Å². The summed E-state index contributed by atoms with van der Waals surface area (Å²) < 4.78 is 6.51. The fraction of sp³-hybridized carbons (Fsp3) is 0.600. The van der Waals surface area contributed by atoms with Crippen molar-refractivity contribution in [1.82, 2.24) is 9.97 Å². The summed E-state index contributed by atoms with van der Waals surface area (Å²) in [6, 6.07) is 0.277. The van der Waals surface area contributed by atoms with Gasteiger partial charge in [-0.2, -0.15) is 0 Å². The second-order valence-electron chi connectivity index (χ2n) is 4.16. The summed E-state index contributed by atoms with van der Waals surface area (Å²) in [5.41, 5.74) is -0.142. The van der Waals surface area contributed by atoms with Gasteiger partial charge < -0.3 is 10.1 Å². The van der Waals surface area contributed by atoms with Gasteiger partial charge in [-0.15, -0.1) is 0 Å². The summed E-state index contributed by atoms with van der Waals surface area (Å²) in [6.45, 7) is 4.95. The summed E-state index contributed by atoms with van der Waals surface area (Å²) in [5, 5.41) is 3.29. The van der Waals surface area contributed by atoms with Crippen molar-refractivity contribution in [3.05, 3.63) is 16.9 Å². The van der Waals surface area contributed by atoms with Crippen molar-refractivity contribution in [2.75, 3.05) is 11.9 Å². The molecule has 1 N–H and O–H groups in total. The molecule has 4 nitrogen and oxygen atoms in total. The zero-order chi connectivity index (χ0) is 10.9. The Morgan fingerprint density at radius 3 is 2.67 bits per heavy atom. The first kappa shape index (κ1) is 10.8. The van der Waals surface area contributed by atoms with Gasteiger partial charge in [0.1, 0.15) is 0 Å². The summed E-state index contributed by atoms with van der Waals surface area (Å²) in [7, 11) is 0. The quantitative estimate of drug-likeness (QED) is 0.896. The predicted molar refractivity (Wildman–Crippen MR) is 61.8 cm³/mol. The van der Waals surface area contributed by atoms with Crippen LogP contribution in [0.5, 0.6) is 0 Å². The van der Waals surface area contributed by atoms with Crippen LogP contribution in [0.2, 0.25) is 0 Å². The van der Waals surface area contributed by atoms with Crippen LogP contribution in [0.3, 0.4) is 0 Å². The molecule has 1 atom stereocenters. The lowest BCUT2D eigenvalue weighted by Gasteiger charge is -2.26. The van der Waals surface area contributed by atoms with E-state index in [1.165, 1.54) is 0 Å². The van der Waals surface area contributed by atoms with E-state index in [9.17, 15) is 0 Å². The first-order valence-corrected chi connectivity index (χ1v) is 5.75. The van der Waals surface area contributed by atoms with E-state index in [1.54, 1.807) is 12.4 Å². The number of anilines is 1. The van der Waals surface area contributed by atoms with E-state index < -0.39 is 0 Å². The van der Waals surface area contributed by atoms with E-state index in [2.05, 4.69) is 45.1 Å². The first-order valence-electron chi connectivity index (χ1n) is 4.96. The molecule has 15 heavy (non-hydrogen) atoms. The second kappa shape index (κ2) is 4.06. The Kier molecular flexibility index (Phi) is 2.93. The van der Waals surface area contributed by atoms with Crippen LogP contribution in [0, 0.1) is 0 Å². The third-order valence-corrected chi connectivity index (χ3v) is 3.05. The van der Waals surface area contributed by atoms with Gasteiger partial charge in [-0.3, -0.25) is 0 Å². The highest BCUT2D eigenvalue weighted by molar-refractivity contribution is 9.10. The van der Waals surface area contributed by atoms with Gasteiger partial charge in [-0.25, -0.2) is 9.97 Å². The smallest absolute Gasteiger partial charge is 0.222 e. The van der Waals surface area contributed by atoms with Gasteiger partial charge in [0.25, 0.3) is 0 Å². The van der Waals surface area contributed by atoms with Crippen LogP contribution in [0.1, 0.15) is 20.3 Å². The molecule has 0 bridgehead atoms. The molecule has 1 aromatic rings. The molecule has 2 rings (SSSR count).